The van der Waals surface area contributed by atoms with E-state index in [0.29, 0.717) is 11.2 Å². The smallest absolute Gasteiger partial charge is 0.287 e. The van der Waals surface area contributed by atoms with Gasteiger partial charge in [-0.3, -0.25) is 4.79 Å². The number of halogens is 1. The standard InChI is InChI=1S/C17H22ClNO2/c18-15-2-1-14(21-15)16(20)19-4-3-17-8-11-5-12(9-17)7-13(6-11)10-17/h1-2,11-13H,3-10H2,(H,19,20). The molecule has 0 radical (unpaired) electrons. The largest absolute Gasteiger partial charge is 0.440 e. The van der Waals surface area contributed by atoms with Gasteiger partial charge in [-0.1, -0.05) is 0 Å². The molecule has 4 aliphatic carbocycles. The molecule has 0 aromatic carbocycles. The summed E-state index contributed by atoms with van der Waals surface area (Å²) in [6.07, 6.45) is 9.70. The van der Waals surface area contributed by atoms with Gasteiger partial charge in [0, 0.05) is 6.54 Å². The van der Waals surface area contributed by atoms with Gasteiger partial charge in [-0.05, 0) is 91.8 Å². The van der Waals surface area contributed by atoms with Crippen molar-refractivity contribution in [2.75, 3.05) is 6.54 Å². The second-order valence-electron chi connectivity index (χ2n) is 7.53. The van der Waals surface area contributed by atoms with Crippen molar-refractivity contribution in [1.82, 2.24) is 5.32 Å². The predicted molar refractivity (Wildman–Crippen MR) is 81.3 cm³/mol. The number of furan rings is 1. The molecule has 0 unspecified atom stereocenters. The molecule has 0 saturated heterocycles. The predicted octanol–water partition coefficient (Wildman–Crippen LogP) is 4.27. The van der Waals surface area contributed by atoms with Crippen LogP contribution in [0.1, 0.15) is 55.5 Å². The summed E-state index contributed by atoms with van der Waals surface area (Å²) in [7, 11) is 0. The molecule has 1 amide bonds. The van der Waals surface area contributed by atoms with Gasteiger partial charge in [0.1, 0.15) is 0 Å². The van der Waals surface area contributed by atoms with E-state index >= 15 is 0 Å². The SMILES string of the molecule is O=C(NCCC12CC3CC(CC(C3)C1)C2)c1ccc(Cl)o1. The quantitative estimate of drug-likeness (QED) is 0.902. The lowest BCUT2D eigenvalue weighted by atomic mass is 9.49. The highest BCUT2D eigenvalue weighted by atomic mass is 35.5. The highest BCUT2D eigenvalue weighted by Gasteiger charge is 2.50. The van der Waals surface area contributed by atoms with Crippen molar-refractivity contribution in [2.45, 2.75) is 44.9 Å². The molecule has 5 rings (SSSR count). The number of hydrogen-bond acceptors (Lipinski definition) is 2. The van der Waals surface area contributed by atoms with Crippen molar-refractivity contribution >= 4 is 17.5 Å². The van der Waals surface area contributed by atoms with E-state index in [1.807, 2.05) is 0 Å². The van der Waals surface area contributed by atoms with Gasteiger partial charge >= 0.3 is 0 Å². The monoisotopic (exact) mass is 307 g/mol. The maximum atomic E-state index is 12.0. The zero-order chi connectivity index (χ0) is 14.4. The fourth-order valence-electron chi connectivity index (χ4n) is 5.56. The minimum absolute atomic E-state index is 0.147. The van der Waals surface area contributed by atoms with Crippen molar-refractivity contribution < 1.29 is 9.21 Å². The summed E-state index contributed by atoms with van der Waals surface area (Å²) in [6.45, 7) is 0.753. The van der Waals surface area contributed by atoms with Crippen molar-refractivity contribution in [2.24, 2.45) is 23.2 Å². The molecule has 114 valence electrons. The summed E-state index contributed by atoms with van der Waals surface area (Å²) < 4.78 is 5.15. The fourth-order valence-corrected chi connectivity index (χ4v) is 5.71. The van der Waals surface area contributed by atoms with Crippen molar-refractivity contribution in [3.8, 4) is 0 Å². The van der Waals surface area contributed by atoms with E-state index in [4.69, 9.17) is 16.0 Å². The van der Waals surface area contributed by atoms with Gasteiger partial charge in [0.05, 0.1) is 0 Å². The Hall–Kier alpha value is -0.960. The highest BCUT2D eigenvalue weighted by Crippen LogP contribution is 2.61. The van der Waals surface area contributed by atoms with Gasteiger partial charge in [-0.2, -0.15) is 0 Å². The molecule has 1 aromatic heterocycles. The van der Waals surface area contributed by atoms with E-state index in [9.17, 15) is 4.79 Å². The molecule has 1 aromatic rings. The Morgan fingerprint density at radius 1 is 1.19 bits per heavy atom. The molecule has 0 atom stereocenters. The third-order valence-corrected chi connectivity index (χ3v) is 6.11. The maximum absolute atomic E-state index is 12.0. The van der Waals surface area contributed by atoms with Gasteiger partial charge in [-0.25, -0.2) is 0 Å². The number of amides is 1. The normalized spacial score (nSPS) is 36.9. The first-order chi connectivity index (χ1) is 10.1. The molecule has 4 bridgehead atoms. The van der Waals surface area contributed by atoms with Crippen molar-refractivity contribution in [1.29, 1.82) is 0 Å². The van der Waals surface area contributed by atoms with Crippen LogP contribution >= 0.6 is 11.6 Å². The number of carbonyl (C=O) groups is 1. The number of hydrogen-bond donors (Lipinski definition) is 1. The van der Waals surface area contributed by atoms with Crippen LogP contribution < -0.4 is 5.32 Å². The summed E-state index contributed by atoms with van der Waals surface area (Å²) in [6, 6.07) is 3.23. The van der Waals surface area contributed by atoms with Gasteiger partial charge in [0.15, 0.2) is 11.0 Å². The Morgan fingerprint density at radius 3 is 2.33 bits per heavy atom. The molecular formula is C17H22ClNO2. The Labute approximate surface area is 130 Å². The minimum Gasteiger partial charge on any atom is -0.440 e. The van der Waals surface area contributed by atoms with Crippen LogP contribution in [0.2, 0.25) is 5.22 Å². The summed E-state index contributed by atoms with van der Waals surface area (Å²) in [5.41, 5.74) is 0.517. The lowest BCUT2D eigenvalue weighted by Gasteiger charge is -2.57. The Balaban J connectivity index is 1.34. The van der Waals surface area contributed by atoms with Crippen LogP contribution in [-0.2, 0) is 0 Å². The Bertz CT molecular complexity index is 515. The lowest BCUT2D eigenvalue weighted by Crippen LogP contribution is -2.47. The Kier molecular flexibility index (Phi) is 3.29. The van der Waals surface area contributed by atoms with Crippen LogP contribution in [0.5, 0.6) is 0 Å². The summed E-state index contributed by atoms with van der Waals surface area (Å²) >= 11 is 5.70. The van der Waals surface area contributed by atoms with Crippen LogP contribution in [0.15, 0.2) is 16.5 Å². The molecule has 21 heavy (non-hydrogen) atoms. The lowest BCUT2D eigenvalue weighted by molar-refractivity contribution is -0.0564. The van der Waals surface area contributed by atoms with Crippen LogP contribution in [0.4, 0.5) is 0 Å². The number of carbonyl (C=O) groups excluding carboxylic acids is 1. The minimum atomic E-state index is -0.147. The van der Waals surface area contributed by atoms with Crippen LogP contribution in [-0.4, -0.2) is 12.5 Å². The molecular weight excluding hydrogens is 286 g/mol. The molecule has 4 aliphatic rings. The first-order valence-corrected chi connectivity index (χ1v) is 8.53. The third-order valence-electron chi connectivity index (χ3n) is 5.90. The van der Waals surface area contributed by atoms with Crippen molar-refractivity contribution in [3.63, 3.8) is 0 Å². The second-order valence-corrected chi connectivity index (χ2v) is 7.90. The van der Waals surface area contributed by atoms with Crippen LogP contribution in [0.25, 0.3) is 0 Å². The number of nitrogens with one attached hydrogen (secondary N) is 1. The second kappa shape index (κ2) is 5.05. The van der Waals surface area contributed by atoms with Crippen molar-refractivity contribution in [3.05, 3.63) is 23.1 Å². The molecule has 4 fully saturated rings. The molecule has 0 spiro atoms. The average Bonchev–Trinajstić information content (AvgIpc) is 2.83. The average molecular weight is 308 g/mol. The van der Waals surface area contributed by atoms with Gasteiger partial charge in [-0.15, -0.1) is 0 Å². The first kappa shape index (κ1) is 13.7. The van der Waals surface area contributed by atoms with Gasteiger partial charge < -0.3 is 9.73 Å². The molecule has 3 nitrogen and oxygen atoms in total. The summed E-state index contributed by atoms with van der Waals surface area (Å²) in [5, 5.41) is 3.26. The molecule has 4 saturated carbocycles. The third kappa shape index (κ3) is 2.61. The topological polar surface area (TPSA) is 42.2 Å². The summed E-state index contributed by atoms with van der Waals surface area (Å²) in [4.78, 5) is 12.0. The van der Waals surface area contributed by atoms with Crippen LogP contribution in [0.3, 0.4) is 0 Å². The Morgan fingerprint density at radius 2 is 1.81 bits per heavy atom. The molecule has 4 heteroatoms. The van der Waals surface area contributed by atoms with E-state index < -0.39 is 0 Å². The zero-order valence-corrected chi connectivity index (χ0v) is 13.0. The maximum Gasteiger partial charge on any atom is 0.287 e. The van der Waals surface area contributed by atoms with E-state index in [-0.39, 0.29) is 11.1 Å². The van der Waals surface area contributed by atoms with E-state index in [2.05, 4.69) is 5.32 Å². The molecule has 1 heterocycles. The van der Waals surface area contributed by atoms with E-state index in [1.54, 1.807) is 12.1 Å². The molecule has 0 aliphatic heterocycles. The highest BCUT2D eigenvalue weighted by molar-refractivity contribution is 6.29. The zero-order valence-electron chi connectivity index (χ0n) is 12.2. The summed E-state index contributed by atoms with van der Waals surface area (Å²) in [5.74, 6) is 3.07. The van der Waals surface area contributed by atoms with E-state index in [0.717, 1.165) is 30.7 Å². The van der Waals surface area contributed by atoms with Crippen LogP contribution in [0, 0.1) is 23.2 Å². The first-order valence-electron chi connectivity index (χ1n) is 8.15. The van der Waals surface area contributed by atoms with Gasteiger partial charge in [0.2, 0.25) is 0 Å². The number of rotatable bonds is 4. The van der Waals surface area contributed by atoms with Gasteiger partial charge in [0.25, 0.3) is 5.91 Å². The molecule has 1 N–H and O–H groups in total. The van der Waals surface area contributed by atoms with E-state index in [1.165, 1.54) is 38.5 Å². The fraction of sp³-hybridized carbons (Fsp3) is 0.706.